The van der Waals surface area contributed by atoms with E-state index >= 15 is 0 Å². The molecule has 3 N–H and O–H groups in total. The number of benzene rings is 1. The molecule has 0 spiro atoms. The Morgan fingerprint density at radius 2 is 1.94 bits per heavy atom. The number of nitrogens with two attached hydrogens (primary N) is 1. The number of furan rings is 1. The molecule has 0 atom stereocenters. The van der Waals surface area contributed by atoms with E-state index in [0.717, 1.165) is 43.6 Å². The molecule has 0 amide bonds. The monoisotopic (exact) mass is 474 g/mol. The second-order valence-electron chi connectivity index (χ2n) is 8.57. The molecular formula is C24H26N8O3. The molecule has 1 aliphatic heterocycles. The number of nitrogen functional groups attached to an aromatic ring is 1. The van der Waals surface area contributed by atoms with Crippen LogP contribution in [0.3, 0.4) is 0 Å². The summed E-state index contributed by atoms with van der Waals surface area (Å²) in [6, 6.07) is 9.82. The van der Waals surface area contributed by atoms with Crippen LogP contribution in [0.2, 0.25) is 0 Å². The van der Waals surface area contributed by atoms with E-state index in [9.17, 15) is 0 Å². The fourth-order valence-electron chi connectivity index (χ4n) is 4.59. The Bertz CT molecular complexity index is 1470. The fraction of sp³-hybridized carbons (Fsp3) is 0.333. The van der Waals surface area contributed by atoms with Crippen molar-refractivity contribution in [2.24, 2.45) is 0 Å². The van der Waals surface area contributed by atoms with E-state index in [-0.39, 0.29) is 12.6 Å². The van der Waals surface area contributed by atoms with Gasteiger partial charge in [-0.2, -0.15) is 14.6 Å². The summed E-state index contributed by atoms with van der Waals surface area (Å²) in [6.45, 7) is 3.78. The van der Waals surface area contributed by atoms with Crippen LogP contribution in [-0.4, -0.2) is 72.2 Å². The molecule has 4 aromatic heterocycles. The third-order valence-corrected chi connectivity index (χ3v) is 6.40. The molecule has 1 aliphatic rings. The molecule has 5 heterocycles. The predicted octanol–water partition coefficient (Wildman–Crippen LogP) is 1.79. The molecule has 0 saturated heterocycles. The third kappa shape index (κ3) is 4.08. The van der Waals surface area contributed by atoms with Gasteiger partial charge in [-0.15, -0.1) is 5.10 Å². The number of aromatic nitrogens is 6. The summed E-state index contributed by atoms with van der Waals surface area (Å²) in [5.41, 5.74) is 10.2. The average Bonchev–Trinajstić information content (AvgIpc) is 3.60. The van der Waals surface area contributed by atoms with Crippen LogP contribution in [-0.2, 0) is 19.4 Å². The molecule has 35 heavy (non-hydrogen) atoms. The summed E-state index contributed by atoms with van der Waals surface area (Å²) in [5, 5.41) is 18.8. The summed E-state index contributed by atoms with van der Waals surface area (Å²) >= 11 is 0. The highest BCUT2D eigenvalue weighted by Crippen LogP contribution is 2.24. The maximum atomic E-state index is 8.99. The highest BCUT2D eigenvalue weighted by molar-refractivity contribution is 5.90. The molecule has 5 aromatic rings. The Kier molecular flexibility index (Phi) is 5.55. The molecule has 0 aliphatic carbocycles. The largest absolute Gasteiger partial charge is 0.491 e. The minimum absolute atomic E-state index is 0.0151. The van der Waals surface area contributed by atoms with E-state index in [4.69, 9.17) is 20.0 Å². The number of nitrogens with zero attached hydrogens (tertiary/aromatic N) is 7. The van der Waals surface area contributed by atoms with E-state index in [0.29, 0.717) is 36.0 Å². The molecule has 6 rings (SSSR count). The van der Waals surface area contributed by atoms with Crippen LogP contribution in [0.25, 0.3) is 28.3 Å². The van der Waals surface area contributed by atoms with E-state index < -0.39 is 0 Å². The van der Waals surface area contributed by atoms with Gasteiger partial charge in [0, 0.05) is 19.6 Å². The topological polar surface area (TPSA) is 133 Å². The van der Waals surface area contributed by atoms with Crippen molar-refractivity contribution < 1.29 is 14.3 Å². The molecule has 11 heteroatoms. The van der Waals surface area contributed by atoms with Gasteiger partial charge >= 0.3 is 0 Å². The number of aliphatic hydroxyl groups is 1. The summed E-state index contributed by atoms with van der Waals surface area (Å²) in [4.78, 5) is 11.6. The first-order valence-electron chi connectivity index (χ1n) is 11.7. The van der Waals surface area contributed by atoms with Gasteiger partial charge in [-0.25, -0.2) is 9.67 Å². The SMILES string of the molecule is Nc1nc2c(cnn2CCN2CCc3ccc(OCCO)cc3CC2)c2nc(-c3ccco3)nn12. The highest BCUT2D eigenvalue weighted by atomic mass is 16.5. The number of ether oxygens (including phenoxy) is 1. The van der Waals surface area contributed by atoms with Gasteiger partial charge in [-0.3, -0.25) is 0 Å². The molecule has 0 unspecified atom stereocenters. The zero-order valence-corrected chi connectivity index (χ0v) is 19.2. The minimum atomic E-state index is 0.0151. The lowest BCUT2D eigenvalue weighted by Gasteiger charge is -2.19. The van der Waals surface area contributed by atoms with Crippen molar-refractivity contribution in [1.29, 1.82) is 0 Å². The number of aliphatic hydroxyl groups excluding tert-OH is 1. The molecule has 1 aromatic carbocycles. The van der Waals surface area contributed by atoms with Crippen LogP contribution >= 0.6 is 0 Å². The molecular weight excluding hydrogens is 448 g/mol. The zero-order chi connectivity index (χ0) is 23.8. The van der Waals surface area contributed by atoms with Crippen LogP contribution in [0, 0.1) is 0 Å². The van der Waals surface area contributed by atoms with E-state index in [1.165, 1.54) is 15.6 Å². The standard InChI is InChI=1S/C24H26N8O3/c25-24-28-22-19(23-27-21(29-32(23)24)20-2-1-12-35-20)15-26-31(22)10-9-30-7-5-16-3-4-18(34-13-11-33)14-17(16)6-8-30/h1-4,12,14-15,33H,5-11,13H2,(H2,25,28). The predicted molar refractivity (Wildman–Crippen MR) is 129 cm³/mol. The average molecular weight is 475 g/mol. The maximum Gasteiger partial charge on any atom is 0.225 e. The fourth-order valence-corrected chi connectivity index (χ4v) is 4.59. The lowest BCUT2D eigenvalue weighted by molar-refractivity contribution is 0.201. The summed E-state index contributed by atoms with van der Waals surface area (Å²) in [5.74, 6) is 2.10. The lowest BCUT2D eigenvalue weighted by atomic mass is 10.0. The van der Waals surface area contributed by atoms with Crippen LogP contribution in [0.5, 0.6) is 5.75 Å². The maximum absolute atomic E-state index is 8.99. The second kappa shape index (κ2) is 9.01. The van der Waals surface area contributed by atoms with Crippen molar-refractivity contribution in [3.8, 4) is 17.3 Å². The normalized spacial score (nSPS) is 14.4. The van der Waals surface area contributed by atoms with Gasteiger partial charge in [0.2, 0.25) is 11.8 Å². The number of fused-ring (bicyclic) bond motifs is 4. The van der Waals surface area contributed by atoms with E-state index in [1.54, 1.807) is 24.6 Å². The van der Waals surface area contributed by atoms with Crippen molar-refractivity contribution in [2.75, 3.05) is 38.6 Å². The van der Waals surface area contributed by atoms with Gasteiger partial charge in [0.25, 0.3) is 0 Å². The van der Waals surface area contributed by atoms with Gasteiger partial charge < -0.3 is 24.9 Å². The Balaban J connectivity index is 1.18. The molecule has 180 valence electrons. The van der Waals surface area contributed by atoms with E-state index in [1.807, 2.05) is 10.7 Å². The Morgan fingerprint density at radius 3 is 2.77 bits per heavy atom. The first-order chi connectivity index (χ1) is 17.2. The van der Waals surface area contributed by atoms with Crippen molar-refractivity contribution >= 4 is 22.6 Å². The Hall–Kier alpha value is -3.96. The van der Waals surface area contributed by atoms with E-state index in [2.05, 4.69) is 37.2 Å². The summed E-state index contributed by atoms with van der Waals surface area (Å²) < 4.78 is 14.4. The van der Waals surface area contributed by atoms with Gasteiger partial charge in [-0.1, -0.05) is 6.07 Å². The number of hydrogen-bond acceptors (Lipinski definition) is 9. The van der Waals surface area contributed by atoms with Crippen molar-refractivity contribution in [3.05, 3.63) is 53.9 Å². The highest BCUT2D eigenvalue weighted by Gasteiger charge is 2.19. The molecule has 0 bridgehead atoms. The zero-order valence-electron chi connectivity index (χ0n) is 19.2. The Labute approximate surface area is 200 Å². The third-order valence-electron chi connectivity index (χ3n) is 6.40. The summed E-state index contributed by atoms with van der Waals surface area (Å²) in [6.07, 6.45) is 5.29. The number of anilines is 1. The second-order valence-corrected chi connectivity index (χ2v) is 8.57. The molecule has 0 fully saturated rings. The summed E-state index contributed by atoms with van der Waals surface area (Å²) in [7, 11) is 0. The minimum Gasteiger partial charge on any atom is -0.491 e. The van der Waals surface area contributed by atoms with Crippen LogP contribution in [0.1, 0.15) is 11.1 Å². The van der Waals surface area contributed by atoms with Crippen molar-refractivity contribution in [3.63, 3.8) is 0 Å². The van der Waals surface area contributed by atoms with Gasteiger partial charge in [0.05, 0.1) is 31.0 Å². The number of hydrogen-bond donors (Lipinski definition) is 2. The first kappa shape index (κ1) is 21.6. The quantitative estimate of drug-likeness (QED) is 0.362. The number of rotatable bonds is 7. The van der Waals surface area contributed by atoms with Gasteiger partial charge in [0.1, 0.15) is 12.4 Å². The van der Waals surface area contributed by atoms with Crippen molar-refractivity contribution in [1.82, 2.24) is 34.3 Å². The van der Waals surface area contributed by atoms with Crippen LogP contribution in [0.15, 0.2) is 47.2 Å². The first-order valence-corrected chi connectivity index (χ1v) is 11.7. The molecule has 11 nitrogen and oxygen atoms in total. The van der Waals surface area contributed by atoms with Gasteiger partial charge in [-0.05, 0) is 48.2 Å². The Morgan fingerprint density at radius 1 is 1.06 bits per heavy atom. The lowest BCUT2D eigenvalue weighted by Crippen LogP contribution is -2.30. The van der Waals surface area contributed by atoms with Gasteiger partial charge in [0.15, 0.2) is 17.1 Å². The molecule has 0 radical (unpaired) electrons. The smallest absolute Gasteiger partial charge is 0.225 e. The van der Waals surface area contributed by atoms with Crippen LogP contribution in [0.4, 0.5) is 5.95 Å². The van der Waals surface area contributed by atoms with Crippen molar-refractivity contribution in [2.45, 2.75) is 19.4 Å². The molecule has 0 saturated carbocycles. The van der Waals surface area contributed by atoms with Crippen LogP contribution < -0.4 is 10.5 Å².